The first-order valence-electron chi connectivity index (χ1n) is 4.00. The van der Waals surface area contributed by atoms with Crippen LogP contribution in [0.2, 0.25) is 0 Å². The fraction of sp³-hybridized carbons (Fsp3) is 1.00. The Hall–Kier alpha value is -0.170. The minimum Gasteiger partial charge on any atom is -0.264 e. The summed E-state index contributed by atoms with van der Waals surface area (Å²) in [6.45, 7) is 0.891. The number of rotatable bonds is 1. The Kier molecular flexibility index (Phi) is 2.72. The van der Waals surface area contributed by atoms with Crippen LogP contribution in [0, 0.1) is 0 Å². The van der Waals surface area contributed by atoms with Crippen molar-refractivity contribution < 1.29 is 31.1 Å². The molecule has 0 bridgehead atoms. The summed E-state index contributed by atoms with van der Waals surface area (Å²) in [5.74, 6) is -4.84. The maximum Gasteiger partial charge on any atom is 0.362 e. The van der Waals surface area contributed by atoms with E-state index in [1.807, 2.05) is 0 Å². The number of halogens is 7. The highest BCUT2D eigenvalue weighted by molar-refractivity contribution is 6.22. The van der Waals surface area contributed by atoms with Gasteiger partial charge >= 0.3 is 17.3 Å². The van der Waals surface area contributed by atoms with Gasteiger partial charge < -0.3 is 0 Å². The highest BCUT2D eigenvalue weighted by Gasteiger charge is 2.76. The summed E-state index contributed by atoms with van der Waals surface area (Å²) in [6.07, 6.45) is -7.29. The van der Waals surface area contributed by atoms with Gasteiger partial charge in [-0.25, -0.2) is 4.39 Å². The van der Waals surface area contributed by atoms with Gasteiger partial charge in [-0.2, -0.15) is 22.0 Å². The van der Waals surface area contributed by atoms with Crippen molar-refractivity contribution in [3.05, 3.63) is 0 Å². The van der Waals surface area contributed by atoms with Crippen molar-refractivity contribution in [3.63, 3.8) is 0 Å². The fourth-order valence-corrected chi connectivity index (χ4v) is 1.61. The van der Waals surface area contributed by atoms with Gasteiger partial charge in [0.2, 0.25) is 0 Å². The molecular weight excluding hydrogens is 250 g/mol. The SMILES string of the molecule is CCC1(F)CC(F)(F)OC(F)(Cl)C1(F)F. The van der Waals surface area contributed by atoms with Gasteiger partial charge in [0.25, 0.3) is 0 Å². The zero-order valence-corrected chi connectivity index (χ0v) is 8.22. The molecule has 0 aromatic carbocycles. The van der Waals surface area contributed by atoms with Gasteiger partial charge in [0.15, 0.2) is 5.67 Å². The van der Waals surface area contributed by atoms with E-state index >= 15 is 0 Å². The van der Waals surface area contributed by atoms with Crippen LogP contribution >= 0.6 is 11.6 Å². The van der Waals surface area contributed by atoms with Crippen LogP contribution in [0.5, 0.6) is 0 Å². The molecule has 1 fully saturated rings. The first-order chi connectivity index (χ1) is 6.47. The lowest BCUT2D eigenvalue weighted by Crippen LogP contribution is -2.64. The Morgan fingerprint density at radius 1 is 1.13 bits per heavy atom. The molecule has 15 heavy (non-hydrogen) atoms. The molecule has 0 spiro atoms. The maximum atomic E-state index is 13.4. The third kappa shape index (κ3) is 1.80. The topological polar surface area (TPSA) is 9.23 Å². The third-order valence-corrected chi connectivity index (χ3v) is 2.57. The minimum absolute atomic E-state index is 0.891. The predicted molar refractivity (Wildman–Crippen MR) is 39.4 cm³/mol. The van der Waals surface area contributed by atoms with Crippen molar-refractivity contribution in [3.8, 4) is 0 Å². The van der Waals surface area contributed by atoms with Gasteiger partial charge in [0, 0.05) is 0 Å². The third-order valence-electron chi connectivity index (χ3n) is 2.25. The predicted octanol–water partition coefficient (Wildman–Crippen LogP) is 3.62. The van der Waals surface area contributed by atoms with Crippen LogP contribution in [0.3, 0.4) is 0 Å². The lowest BCUT2D eigenvalue weighted by molar-refractivity contribution is -0.420. The Morgan fingerprint density at radius 3 is 2.00 bits per heavy atom. The number of ether oxygens (including phenoxy) is 1. The van der Waals surface area contributed by atoms with Gasteiger partial charge in [-0.1, -0.05) is 6.92 Å². The Bertz CT molecular complexity index is 268. The number of hydrogen-bond acceptors (Lipinski definition) is 1. The molecule has 2 atom stereocenters. The molecule has 2 unspecified atom stereocenters. The molecule has 1 aliphatic rings. The van der Waals surface area contributed by atoms with E-state index in [-0.39, 0.29) is 0 Å². The van der Waals surface area contributed by atoms with Gasteiger partial charge in [-0.15, -0.1) is 0 Å². The van der Waals surface area contributed by atoms with Crippen molar-refractivity contribution in [1.29, 1.82) is 0 Å². The molecule has 0 amide bonds. The lowest BCUT2D eigenvalue weighted by atomic mass is 9.88. The summed E-state index contributed by atoms with van der Waals surface area (Å²) < 4.78 is 80.7. The minimum atomic E-state index is -4.84. The largest absolute Gasteiger partial charge is 0.362 e. The Morgan fingerprint density at radius 2 is 1.60 bits per heavy atom. The molecule has 0 saturated carbocycles. The van der Waals surface area contributed by atoms with E-state index in [1.54, 1.807) is 0 Å². The second kappa shape index (κ2) is 3.16. The van der Waals surface area contributed by atoms with Crippen LogP contribution in [-0.4, -0.2) is 23.0 Å². The fourth-order valence-electron chi connectivity index (χ4n) is 1.33. The van der Waals surface area contributed by atoms with Crippen LogP contribution < -0.4 is 0 Å². The van der Waals surface area contributed by atoms with Crippen LogP contribution in [-0.2, 0) is 4.74 Å². The van der Waals surface area contributed by atoms with Crippen molar-refractivity contribution >= 4 is 11.6 Å². The van der Waals surface area contributed by atoms with Gasteiger partial charge in [-0.3, -0.25) is 4.74 Å². The van der Waals surface area contributed by atoms with Crippen molar-refractivity contribution in [2.75, 3.05) is 0 Å². The zero-order valence-electron chi connectivity index (χ0n) is 7.47. The maximum absolute atomic E-state index is 13.4. The highest BCUT2D eigenvalue weighted by Crippen LogP contribution is 2.57. The van der Waals surface area contributed by atoms with E-state index in [9.17, 15) is 26.3 Å². The average molecular weight is 257 g/mol. The second-order valence-corrected chi connectivity index (χ2v) is 3.81. The second-order valence-electron chi connectivity index (χ2n) is 3.33. The molecule has 0 radical (unpaired) electrons. The molecule has 0 aliphatic carbocycles. The molecule has 1 rings (SSSR count). The molecule has 1 saturated heterocycles. The summed E-state index contributed by atoms with van der Waals surface area (Å²) in [5, 5.41) is -4.54. The van der Waals surface area contributed by atoms with Gasteiger partial charge in [0.05, 0.1) is 6.42 Å². The highest BCUT2D eigenvalue weighted by atomic mass is 35.5. The molecule has 8 heteroatoms. The molecular formula is C7H7ClF6O. The smallest absolute Gasteiger partial charge is 0.264 e. The lowest BCUT2D eigenvalue weighted by Gasteiger charge is -2.44. The molecule has 0 N–H and O–H groups in total. The van der Waals surface area contributed by atoms with Crippen molar-refractivity contribution in [2.24, 2.45) is 0 Å². The Labute approximate surface area is 86.3 Å². The molecule has 0 aromatic heterocycles. The van der Waals surface area contributed by atoms with Crippen molar-refractivity contribution in [2.45, 2.75) is 42.8 Å². The first-order valence-corrected chi connectivity index (χ1v) is 4.38. The summed E-state index contributed by atoms with van der Waals surface area (Å²) in [6, 6.07) is 0. The van der Waals surface area contributed by atoms with Crippen LogP contribution in [0.4, 0.5) is 26.3 Å². The zero-order chi connectivity index (χ0) is 12.1. The molecule has 0 aromatic rings. The van der Waals surface area contributed by atoms with E-state index in [0.29, 0.717) is 0 Å². The molecule has 1 aliphatic heterocycles. The van der Waals surface area contributed by atoms with Crippen LogP contribution in [0.1, 0.15) is 19.8 Å². The van der Waals surface area contributed by atoms with E-state index in [0.717, 1.165) is 6.92 Å². The van der Waals surface area contributed by atoms with E-state index in [2.05, 4.69) is 16.3 Å². The summed E-state index contributed by atoms with van der Waals surface area (Å²) >= 11 is 4.45. The first kappa shape index (κ1) is 12.9. The van der Waals surface area contributed by atoms with E-state index in [1.165, 1.54) is 0 Å². The van der Waals surface area contributed by atoms with E-state index in [4.69, 9.17) is 0 Å². The normalized spacial score (nSPS) is 44.0. The molecule has 1 heterocycles. The molecule has 1 nitrogen and oxygen atoms in total. The Balaban J connectivity index is 3.18. The van der Waals surface area contributed by atoms with Gasteiger partial charge in [0.1, 0.15) is 0 Å². The quantitative estimate of drug-likeness (QED) is 0.514. The van der Waals surface area contributed by atoms with Crippen molar-refractivity contribution in [1.82, 2.24) is 0 Å². The average Bonchev–Trinajstić information content (AvgIpc) is 1.98. The molecule has 90 valence electrons. The van der Waals surface area contributed by atoms with Crippen LogP contribution in [0.15, 0.2) is 0 Å². The van der Waals surface area contributed by atoms with E-state index < -0.39 is 35.9 Å². The monoisotopic (exact) mass is 256 g/mol. The number of hydrogen-bond donors (Lipinski definition) is 0. The number of alkyl halides is 7. The van der Waals surface area contributed by atoms with Crippen LogP contribution in [0.25, 0.3) is 0 Å². The standard InChI is InChI=1S/C7H7ClF6O/c1-2-4(9)3-5(10,11)15-7(8,14)6(4,12)13/h2-3H2,1H3. The summed E-state index contributed by atoms with van der Waals surface area (Å²) in [7, 11) is 0. The van der Waals surface area contributed by atoms with Gasteiger partial charge in [-0.05, 0) is 18.0 Å². The summed E-state index contributed by atoms with van der Waals surface area (Å²) in [5.41, 5.74) is -3.73. The summed E-state index contributed by atoms with van der Waals surface area (Å²) in [4.78, 5) is 0.